The van der Waals surface area contributed by atoms with Gasteiger partial charge in [0.25, 0.3) is 0 Å². The first kappa shape index (κ1) is 18.8. The number of aromatic nitrogens is 3. The van der Waals surface area contributed by atoms with Gasteiger partial charge >= 0.3 is 0 Å². The molecule has 0 spiro atoms. The number of aliphatic imine (C=N–C) groups is 1. The molecule has 2 aliphatic rings. The third-order valence-electron chi connectivity index (χ3n) is 5.53. The molecule has 1 aliphatic heterocycles. The number of aryl methyl sites for hydroxylation is 1. The summed E-state index contributed by atoms with van der Waals surface area (Å²) < 4.78 is 43.6. The molecule has 1 aromatic carbocycles. The van der Waals surface area contributed by atoms with Crippen LogP contribution in [0.5, 0.6) is 0 Å². The third-order valence-corrected chi connectivity index (χ3v) is 7.08. The topological polar surface area (TPSA) is 43.1 Å². The van der Waals surface area contributed by atoms with Crippen LogP contribution in [0.4, 0.5) is 13.2 Å². The number of halogens is 4. The lowest BCUT2D eigenvalue weighted by molar-refractivity contribution is 0.0826. The van der Waals surface area contributed by atoms with E-state index in [1.807, 2.05) is 18.4 Å². The molecule has 1 unspecified atom stereocenters. The molecule has 0 amide bonds. The highest BCUT2D eigenvalue weighted by molar-refractivity contribution is 7.15. The first-order valence-electron chi connectivity index (χ1n) is 9.24. The SMILES string of the molecule is Cc1nnc2n1-c1sc3c(c1C(c1c(F)cccc1Cl)=N[C@H]2C)CC(C(F)F)C3. The van der Waals surface area contributed by atoms with Gasteiger partial charge in [-0.1, -0.05) is 17.7 Å². The van der Waals surface area contributed by atoms with Gasteiger partial charge in [0.15, 0.2) is 5.82 Å². The van der Waals surface area contributed by atoms with E-state index in [2.05, 4.69) is 10.2 Å². The highest BCUT2D eigenvalue weighted by atomic mass is 35.5. The van der Waals surface area contributed by atoms with E-state index in [4.69, 9.17) is 16.6 Å². The fourth-order valence-electron chi connectivity index (χ4n) is 4.16. The molecule has 150 valence electrons. The second kappa shape index (κ2) is 6.67. The average molecular weight is 437 g/mol. The summed E-state index contributed by atoms with van der Waals surface area (Å²) >= 11 is 7.81. The van der Waals surface area contributed by atoms with E-state index in [-0.39, 0.29) is 17.0 Å². The van der Waals surface area contributed by atoms with Gasteiger partial charge in [0, 0.05) is 16.4 Å². The van der Waals surface area contributed by atoms with Crippen molar-refractivity contribution in [3.8, 4) is 5.00 Å². The first-order valence-corrected chi connectivity index (χ1v) is 10.4. The molecule has 4 nitrogen and oxygen atoms in total. The normalized spacial score (nSPS) is 20.3. The van der Waals surface area contributed by atoms with Crippen molar-refractivity contribution in [1.29, 1.82) is 0 Å². The number of hydrogen-bond acceptors (Lipinski definition) is 4. The Morgan fingerprint density at radius 2 is 2.00 bits per heavy atom. The van der Waals surface area contributed by atoms with Crippen molar-refractivity contribution in [3.05, 3.63) is 62.3 Å². The Morgan fingerprint density at radius 1 is 1.21 bits per heavy atom. The van der Waals surface area contributed by atoms with Crippen molar-refractivity contribution in [2.24, 2.45) is 10.9 Å². The van der Waals surface area contributed by atoms with Crippen LogP contribution in [0, 0.1) is 18.7 Å². The van der Waals surface area contributed by atoms with Gasteiger partial charge in [-0.05, 0) is 44.4 Å². The Kier molecular flexibility index (Phi) is 4.33. The number of fused-ring (bicyclic) bond motifs is 5. The molecule has 29 heavy (non-hydrogen) atoms. The van der Waals surface area contributed by atoms with Crippen molar-refractivity contribution in [2.75, 3.05) is 0 Å². The first-order chi connectivity index (χ1) is 13.9. The van der Waals surface area contributed by atoms with Crippen LogP contribution < -0.4 is 0 Å². The van der Waals surface area contributed by atoms with Crippen LogP contribution >= 0.6 is 22.9 Å². The van der Waals surface area contributed by atoms with Gasteiger partial charge in [0.05, 0.1) is 16.3 Å². The molecule has 2 aromatic heterocycles. The summed E-state index contributed by atoms with van der Waals surface area (Å²) in [6.45, 7) is 3.69. The Morgan fingerprint density at radius 3 is 2.72 bits per heavy atom. The Balaban J connectivity index is 1.82. The molecule has 0 bridgehead atoms. The average Bonchev–Trinajstić information content (AvgIpc) is 3.30. The predicted octanol–water partition coefficient (Wildman–Crippen LogP) is 5.32. The summed E-state index contributed by atoms with van der Waals surface area (Å²) in [6.07, 6.45) is -1.87. The Labute approximate surface area is 174 Å². The number of alkyl halides is 2. The van der Waals surface area contributed by atoms with E-state index in [9.17, 15) is 13.2 Å². The summed E-state index contributed by atoms with van der Waals surface area (Å²) in [6, 6.07) is 4.08. The molecule has 0 radical (unpaired) electrons. The van der Waals surface area contributed by atoms with Crippen molar-refractivity contribution in [3.63, 3.8) is 0 Å². The van der Waals surface area contributed by atoms with Crippen molar-refractivity contribution in [2.45, 2.75) is 39.2 Å². The quantitative estimate of drug-likeness (QED) is 0.545. The molecule has 0 fully saturated rings. The van der Waals surface area contributed by atoms with E-state index in [1.54, 1.807) is 6.07 Å². The van der Waals surface area contributed by atoms with Gasteiger partial charge < -0.3 is 0 Å². The van der Waals surface area contributed by atoms with Crippen molar-refractivity contribution in [1.82, 2.24) is 14.8 Å². The summed E-state index contributed by atoms with van der Waals surface area (Å²) in [4.78, 5) is 5.65. The van der Waals surface area contributed by atoms with Gasteiger partial charge in [0.2, 0.25) is 6.43 Å². The lowest BCUT2D eigenvalue weighted by atomic mass is 9.97. The smallest absolute Gasteiger partial charge is 0.242 e. The summed E-state index contributed by atoms with van der Waals surface area (Å²) in [5.41, 5.74) is 2.07. The zero-order valence-corrected chi connectivity index (χ0v) is 17.2. The lowest BCUT2D eigenvalue weighted by Gasteiger charge is -2.13. The predicted molar refractivity (Wildman–Crippen MR) is 106 cm³/mol. The molecular weight excluding hydrogens is 421 g/mol. The van der Waals surface area contributed by atoms with E-state index < -0.39 is 24.2 Å². The maximum absolute atomic E-state index is 14.9. The van der Waals surface area contributed by atoms with Crippen LogP contribution in [0.25, 0.3) is 5.00 Å². The van der Waals surface area contributed by atoms with E-state index in [0.29, 0.717) is 29.3 Å². The van der Waals surface area contributed by atoms with Crippen LogP contribution in [0.15, 0.2) is 23.2 Å². The van der Waals surface area contributed by atoms with Gasteiger partial charge in [-0.3, -0.25) is 9.56 Å². The monoisotopic (exact) mass is 436 g/mol. The fraction of sp³-hybridized carbons (Fsp3) is 0.350. The standard InChI is InChI=1S/C20H16ClF3N4S/c1-8-19-27-26-9(2)28(19)20-15(11-6-10(18(23)24)7-14(11)29-20)17(25-8)16-12(21)4-3-5-13(16)22/h3-5,8,10,18H,6-7H2,1-2H3/t8-,10?/m0/s1. The molecule has 2 atom stereocenters. The minimum atomic E-state index is -2.40. The minimum absolute atomic E-state index is 0.194. The van der Waals surface area contributed by atoms with Crippen LogP contribution in [0.2, 0.25) is 5.02 Å². The highest BCUT2D eigenvalue weighted by Crippen LogP contribution is 2.45. The maximum atomic E-state index is 14.9. The van der Waals surface area contributed by atoms with E-state index >= 15 is 0 Å². The minimum Gasteiger partial charge on any atom is -0.273 e. The summed E-state index contributed by atoms with van der Waals surface area (Å²) in [5, 5.41) is 9.47. The van der Waals surface area contributed by atoms with Crippen LogP contribution in [0.3, 0.4) is 0 Å². The molecule has 0 saturated heterocycles. The molecule has 0 N–H and O–H groups in total. The van der Waals surface area contributed by atoms with Gasteiger partial charge in [-0.2, -0.15) is 0 Å². The number of hydrogen-bond donors (Lipinski definition) is 0. The largest absolute Gasteiger partial charge is 0.273 e. The molecule has 3 aromatic rings. The van der Waals surface area contributed by atoms with Gasteiger partial charge in [-0.25, -0.2) is 13.2 Å². The number of rotatable bonds is 2. The molecule has 9 heteroatoms. The van der Waals surface area contributed by atoms with Crippen molar-refractivity contribution < 1.29 is 13.2 Å². The van der Waals surface area contributed by atoms with Gasteiger partial charge in [0.1, 0.15) is 22.7 Å². The maximum Gasteiger partial charge on any atom is 0.242 e. The van der Waals surface area contributed by atoms with E-state index in [1.165, 1.54) is 23.5 Å². The molecular formula is C20H16ClF3N4S. The Bertz CT molecular complexity index is 1150. The summed E-state index contributed by atoms with van der Waals surface area (Å²) in [7, 11) is 0. The molecule has 3 heterocycles. The Hall–Kier alpha value is -2.19. The fourth-order valence-corrected chi connectivity index (χ4v) is 5.89. The molecule has 1 aliphatic carbocycles. The third kappa shape index (κ3) is 2.76. The molecule has 0 saturated carbocycles. The van der Waals surface area contributed by atoms with E-state index in [0.717, 1.165) is 15.4 Å². The van der Waals surface area contributed by atoms with Crippen LogP contribution in [-0.2, 0) is 12.8 Å². The van der Waals surface area contributed by atoms with Crippen LogP contribution in [-0.4, -0.2) is 26.9 Å². The second-order valence-electron chi connectivity index (χ2n) is 7.38. The number of nitrogens with zero attached hydrogens (tertiary/aromatic N) is 4. The number of thiophene rings is 1. The molecule has 5 rings (SSSR count). The summed E-state index contributed by atoms with van der Waals surface area (Å²) in [5.74, 6) is 0.0826. The highest BCUT2D eigenvalue weighted by Gasteiger charge is 2.38. The van der Waals surface area contributed by atoms with Gasteiger partial charge in [-0.15, -0.1) is 21.5 Å². The lowest BCUT2D eigenvalue weighted by Crippen LogP contribution is -2.14. The zero-order valence-electron chi connectivity index (χ0n) is 15.6. The number of benzene rings is 1. The van der Waals surface area contributed by atoms with Crippen molar-refractivity contribution >= 4 is 28.6 Å². The zero-order chi connectivity index (χ0) is 20.4. The second-order valence-corrected chi connectivity index (χ2v) is 8.87. The van der Waals surface area contributed by atoms with Crippen LogP contribution in [0.1, 0.15) is 46.2 Å².